The van der Waals surface area contributed by atoms with Crippen LogP contribution in [0.3, 0.4) is 0 Å². The van der Waals surface area contributed by atoms with Gasteiger partial charge in [0.1, 0.15) is 0 Å². The molecule has 0 amide bonds. The monoisotopic (exact) mass is 353 g/mol. The number of H-pyrrole nitrogens is 1. The van der Waals surface area contributed by atoms with E-state index >= 15 is 0 Å². The third kappa shape index (κ3) is 2.99. The molecule has 1 N–H and O–H groups in total. The molecule has 25 heavy (non-hydrogen) atoms. The van der Waals surface area contributed by atoms with Crippen LogP contribution in [0.25, 0.3) is 16.6 Å². The molecule has 0 aliphatic carbocycles. The molecule has 4 rings (SSSR count). The molecular formula is C19H19N3O2S. The van der Waals surface area contributed by atoms with Gasteiger partial charge in [-0.3, -0.25) is 9.36 Å². The number of benzene rings is 2. The number of rotatable bonds is 2. The van der Waals surface area contributed by atoms with E-state index in [1.807, 2.05) is 49.4 Å². The number of nitrogens with zero attached hydrogens (tertiary/aromatic N) is 2. The summed E-state index contributed by atoms with van der Waals surface area (Å²) in [5.41, 5.74) is 3.62. The van der Waals surface area contributed by atoms with E-state index in [1.54, 1.807) is 4.57 Å². The van der Waals surface area contributed by atoms with Crippen molar-refractivity contribution in [1.82, 2.24) is 9.55 Å². The Bertz CT molecular complexity index is 1030. The van der Waals surface area contributed by atoms with Gasteiger partial charge in [-0.1, -0.05) is 11.6 Å². The molecule has 0 radical (unpaired) electrons. The van der Waals surface area contributed by atoms with Crippen LogP contribution in [0.5, 0.6) is 0 Å². The van der Waals surface area contributed by atoms with Gasteiger partial charge in [-0.2, -0.15) is 0 Å². The van der Waals surface area contributed by atoms with E-state index in [2.05, 4.69) is 9.88 Å². The Morgan fingerprint density at radius 2 is 1.72 bits per heavy atom. The van der Waals surface area contributed by atoms with Gasteiger partial charge in [0.25, 0.3) is 5.56 Å². The van der Waals surface area contributed by atoms with Crippen molar-refractivity contribution in [3.05, 3.63) is 63.2 Å². The Balaban J connectivity index is 1.79. The first-order valence-corrected chi connectivity index (χ1v) is 8.73. The maximum Gasteiger partial charge on any atom is 0.266 e. The molecule has 0 unspecified atom stereocenters. The third-order valence-electron chi connectivity index (χ3n) is 4.54. The smallest absolute Gasteiger partial charge is 0.266 e. The molecule has 0 spiro atoms. The lowest BCUT2D eigenvalue weighted by atomic mass is 10.1. The molecule has 1 aliphatic heterocycles. The van der Waals surface area contributed by atoms with Gasteiger partial charge in [-0.05, 0) is 55.5 Å². The highest BCUT2D eigenvalue weighted by Crippen LogP contribution is 2.19. The average Bonchev–Trinajstić information content (AvgIpc) is 2.64. The van der Waals surface area contributed by atoms with Gasteiger partial charge >= 0.3 is 0 Å². The zero-order valence-corrected chi connectivity index (χ0v) is 14.8. The summed E-state index contributed by atoms with van der Waals surface area (Å²) in [6.07, 6.45) is 0. The Morgan fingerprint density at radius 1 is 1.04 bits per heavy atom. The number of nitrogens with one attached hydrogen (secondary N) is 1. The summed E-state index contributed by atoms with van der Waals surface area (Å²) >= 11 is 5.42. The van der Waals surface area contributed by atoms with Crippen LogP contribution in [0.4, 0.5) is 5.69 Å². The van der Waals surface area contributed by atoms with Crippen LogP contribution >= 0.6 is 12.2 Å². The lowest BCUT2D eigenvalue weighted by Crippen LogP contribution is -2.36. The largest absolute Gasteiger partial charge is 0.378 e. The van der Waals surface area contributed by atoms with Gasteiger partial charge in [-0.15, -0.1) is 0 Å². The lowest BCUT2D eigenvalue weighted by molar-refractivity contribution is 0.122. The van der Waals surface area contributed by atoms with E-state index in [0.29, 0.717) is 10.2 Å². The average molecular weight is 353 g/mol. The number of aromatic nitrogens is 2. The molecule has 5 nitrogen and oxygen atoms in total. The number of fused-ring (bicyclic) bond motifs is 1. The second-order valence-corrected chi connectivity index (χ2v) is 6.62. The number of anilines is 1. The van der Waals surface area contributed by atoms with Crippen molar-refractivity contribution >= 4 is 28.8 Å². The summed E-state index contributed by atoms with van der Waals surface area (Å²) in [5, 5.41) is 0.644. The molecule has 0 bridgehead atoms. The molecule has 6 heteroatoms. The second-order valence-electron chi connectivity index (χ2n) is 6.24. The fraction of sp³-hybridized carbons (Fsp3) is 0.263. The predicted molar refractivity (Wildman–Crippen MR) is 102 cm³/mol. The van der Waals surface area contributed by atoms with Crippen molar-refractivity contribution in [1.29, 1.82) is 0 Å². The Kier molecular flexibility index (Phi) is 4.15. The van der Waals surface area contributed by atoms with Crippen LogP contribution in [0.2, 0.25) is 0 Å². The highest BCUT2D eigenvalue weighted by molar-refractivity contribution is 7.71. The molecule has 0 atom stereocenters. The molecule has 2 aromatic carbocycles. The minimum Gasteiger partial charge on any atom is -0.378 e. The number of hydrogen-bond donors (Lipinski definition) is 1. The van der Waals surface area contributed by atoms with Gasteiger partial charge in [0.2, 0.25) is 0 Å². The topological polar surface area (TPSA) is 50.3 Å². The van der Waals surface area contributed by atoms with Crippen molar-refractivity contribution in [2.75, 3.05) is 31.2 Å². The first kappa shape index (κ1) is 16.1. The summed E-state index contributed by atoms with van der Waals surface area (Å²) in [4.78, 5) is 18.4. The Hall–Kier alpha value is -2.44. The molecule has 2 heterocycles. The Morgan fingerprint density at radius 3 is 2.44 bits per heavy atom. The van der Waals surface area contributed by atoms with E-state index in [4.69, 9.17) is 17.0 Å². The first-order chi connectivity index (χ1) is 12.1. The number of aryl methyl sites for hydroxylation is 1. The van der Waals surface area contributed by atoms with Crippen LogP contribution in [0.1, 0.15) is 5.56 Å². The number of hydrogen-bond acceptors (Lipinski definition) is 4. The third-order valence-corrected chi connectivity index (χ3v) is 4.82. The number of morpholine rings is 1. The number of ether oxygens (including phenoxy) is 1. The van der Waals surface area contributed by atoms with Crippen LogP contribution in [0.15, 0.2) is 47.3 Å². The molecular weight excluding hydrogens is 334 g/mol. The van der Waals surface area contributed by atoms with E-state index in [-0.39, 0.29) is 5.56 Å². The van der Waals surface area contributed by atoms with Crippen molar-refractivity contribution in [3.8, 4) is 5.69 Å². The van der Waals surface area contributed by atoms with Gasteiger partial charge in [0.15, 0.2) is 4.77 Å². The van der Waals surface area contributed by atoms with Gasteiger partial charge < -0.3 is 14.6 Å². The zero-order valence-electron chi connectivity index (χ0n) is 14.0. The zero-order chi connectivity index (χ0) is 17.4. The highest BCUT2D eigenvalue weighted by atomic mass is 32.1. The SMILES string of the molecule is Cc1ccc2[nH]c(=S)n(-c3ccc(N4CCOCC4)cc3)c(=O)c2c1. The van der Waals surface area contributed by atoms with Gasteiger partial charge in [0.05, 0.1) is 29.8 Å². The summed E-state index contributed by atoms with van der Waals surface area (Å²) in [6, 6.07) is 13.7. The van der Waals surface area contributed by atoms with Crippen molar-refractivity contribution in [2.24, 2.45) is 0 Å². The maximum absolute atomic E-state index is 12.9. The molecule has 1 saturated heterocycles. The van der Waals surface area contributed by atoms with Crippen molar-refractivity contribution in [2.45, 2.75) is 6.92 Å². The van der Waals surface area contributed by atoms with Gasteiger partial charge in [-0.25, -0.2) is 0 Å². The van der Waals surface area contributed by atoms with E-state index < -0.39 is 0 Å². The molecule has 1 aromatic heterocycles. The van der Waals surface area contributed by atoms with Crippen molar-refractivity contribution < 1.29 is 4.74 Å². The minimum absolute atomic E-state index is 0.0958. The maximum atomic E-state index is 12.9. The number of aromatic amines is 1. The minimum atomic E-state index is -0.0958. The standard InChI is InChI=1S/C19H19N3O2S/c1-13-2-7-17-16(12-13)18(23)22(19(25)20-17)15-5-3-14(4-6-15)21-8-10-24-11-9-21/h2-7,12H,8-11H2,1H3,(H,20,25). The van der Waals surface area contributed by atoms with Crippen molar-refractivity contribution in [3.63, 3.8) is 0 Å². The van der Waals surface area contributed by atoms with Crippen LogP contribution in [-0.4, -0.2) is 35.9 Å². The fourth-order valence-electron chi connectivity index (χ4n) is 3.20. The molecule has 1 aliphatic rings. The highest BCUT2D eigenvalue weighted by Gasteiger charge is 2.12. The predicted octanol–water partition coefficient (Wildman–Crippen LogP) is 3.19. The molecule has 128 valence electrons. The lowest BCUT2D eigenvalue weighted by Gasteiger charge is -2.28. The Labute approximate surface area is 150 Å². The normalized spacial score (nSPS) is 14.8. The van der Waals surface area contributed by atoms with E-state index in [9.17, 15) is 4.79 Å². The van der Waals surface area contributed by atoms with E-state index in [1.165, 1.54) is 0 Å². The second kappa shape index (κ2) is 6.46. The molecule has 1 fully saturated rings. The van der Waals surface area contributed by atoms with Crippen LogP contribution in [-0.2, 0) is 4.74 Å². The molecule has 0 saturated carbocycles. The summed E-state index contributed by atoms with van der Waals surface area (Å²) in [7, 11) is 0. The molecule has 3 aromatic rings. The van der Waals surface area contributed by atoms with Gasteiger partial charge in [0, 0.05) is 18.8 Å². The van der Waals surface area contributed by atoms with E-state index in [0.717, 1.165) is 48.8 Å². The fourth-order valence-corrected chi connectivity index (χ4v) is 3.49. The summed E-state index contributed by atoms with van der Waals surface area (Å²) in [6.45, 7) is 5.23. The summed E-state index contributed by atoms with van der Waals surface area (Å²) < 4.78 is 7.35. The quantitative estimate of drug-likeness (QED) is 0.719. The van der Waals surface area contributed by atoms with Crippen LogP contribution in [0, 0.1) is 11.7 Å². The summed E-state index contributed by atoms with van der Waals surface area (Å²) in [5.74, 6) is 0. The first-order valence-electron chi connectivity index (χ1n) is 8.32. The van der Waals surface area contributed by atoms with Crippen LogP contribution < -0.4 is 10.5 Å².